The minimum atomic E-state index is -0.502. The second-order valence-corrected chi connectivity index (χ2v) is 9.11. The van der Waals surface area contributed by atoms with Gasteiger partial charge in [0, 0.05) is 16.8 Å². The van der Waals surface area contributed by atoms with Gasteiger partial charge in [-0.3, -0.25) is 14.4 Å². The minimum absolute atomic E-state index is 0.0767. The third-order valence-electron chi connectivity index (χ3n) is 6.23. The topological polar surface area (TPSA) is 88.4 Å². The third kappa shape index (κ3) is 7.22. The first kappa shape index (κ1) is 26.8. The summed E-state index contributed by atoms with van der Waals surface area (Å²) in [6.07, 6.45) is 6.18. The molecule has 2 N–H and O–H groups in total. The second-order valence-electron chi connectivity index (χ2n) is 9.11. The zero-order valence-corrected chi connectivity index (χ0v) is 22.0. The Morgan fingerprint density at radius 2 is 1.29 bits per heavy atom. The number of nitrogens with one attached hydrogen (secondary N) is 2. The molecule has 0 radical (unpaired) electrons. The number of hydrogen-bond acceptors (Lipinski definition) is 4. The van der Waals surface area contributed by atoms with Crippen molar-refractivity contribution in [1.82, 2.24) is 5.32 Å². The highest BCUT2D eigenvalue weighted by atomic mass is 16.3. The lowest BCUT2D eigenvalue weighted by molar-refractivity contribution is -0.113. The van der Waals surface area contributed by atoms with Crippen molar-refractivity contribution < 1.29 is 18.8 Å². The number of benzene rings is 4. The van der Waals surface area contributed by atoms with Gasteiger partial charge in [0.2, 0.25) is 0 Å². The van der Waals surface area contributed by atoms with E-state index in [1.54, 1.807) is 72.8 Å². The smallest absolute Gasteiger partial charge is 0.272 e. The van der Waals surface area contributed by atoms with Crippen LogP contribution in [-0.4, -0.2) is 17.6 Å². The number of rotatable bonds is 9. The van der Waals surface area contributed by atoms with Crippen LogP contribution >= 0.6 is 0 Å². The first-order chi connectivity index (χ1) is 20.0. The van der Waals surface area contributed by atoms with Gasteiger partial charge in [-0.05, 0) is 83.4 Å². The molecule has 6 heteroatoms. The molecular weight excluding hydrogens is 512 g/mol. The van der Waals surface area contributed by atoms with Crippen LogP contribution in [-0.2, 0) is 4.79 Å². The van der Waals surface area contributed by atoms with Gasteiger partial charge in [-0.1, -0.05) is 72.8 Å². The zero-order valence-electron chi connectivity index (χ0n) is 22.0. The maximum absolute atomic E-state index is 13.3. The van der Waals surface area contributed by atoms with Gasteiger partial charge in [0.15, 0.2) is 5.78 Å². The van der Waals surface area contributed by atoms with Crippen LogP contribution in [0.2, 0.25) is 0 Å². The Hall–Kier alpha value is -5.75. The van der Waals surface area contributed by atoms with Crippen LogP contribution in [0.3, 0.4) is 0 Å². The summed E-state index contributed by atoms with van der Waals surface area (Å²) < 4.78 is 5.21. The Morgan fingerprint density at radius 3 is 1.95 bits per heavy atom. The molecule has 0 aliphatic rings. The van der Waals surface area contributed by atoms with Gasteiger partial charge < -0.3 is 15.1 Å². The van der Waals surface area contributed by atoms with Gasteiger partial charge in [0.05, 0.1) is 6.26 Å². The molecule has 0 aliphatic heterocycles. The standard InChI is InChI=1S/C35H26N2O4/c38-33(22-21-31-12-7-23-41-31)28-17-19-30(20-18-28)36-35(40)32(37-34(39)29-10-5-2-6-11-29)24-25-13-15-27(16-14-25)26-8-3-1-4-9-26/h1-24H,(H,36,40)(H,37,39)/b22-21+,32-24-. The first-order valence-corrected chi connectivity index (χ1v) is 13.0. The summed E-state index contributed by atoms with van der Waals surface area (Å²) in [4.78, 5) is 38.8. The zero-order chi connectivity index (χ0) is 28.4. The maximum atomic E-state index is 13.3. The molecule has 41 heavy (non-hydrogen) atoms. The van der Waals surface area contributed by atoms with Crippen molar-refractivity contribution in [3.63, 3.8) is 0 Å². The molecule has 0 saturated carbocycles. The molecule has 0 unspecified atom stereocenters. The van der Waals surface area contributed by atoms with E-state index in [0.717, 1.165) is 16.7 Å². The average Bonchev–Trinajstić information content (AvgIpc) is 3.55. The van der Waals surface area contributed by atoms with Crippen LogP contribution in [0.4, 0.5) is 5.69 Å². The van der Waals surface area contributed by atoms with E-state index in [4.69, 9.17) is 4.42 Å². The SMILES string of the molecule is O=C(Nc1ccc(C(=O)/C=C/c2ccco2)cc1)/C(=C/c1ccc(-c2ccccc2)cc1)NC(=O)c1ccccc1. The van der Waals surface area contributed by atoms with E-state index in [2.05, 4.69) is 10.6 Å². The highest BCUT2D eigenvalue weighted by Gasteiger charge is 2.15. The molecule has 0 bridgehead atoms. The lowest BCUT2D eigenvalue weighted by Crippen LogP contribution is -2.30. The number of hydrogen-bond donors (Lipinski definition) is 2. The van der Waals surface area contributed by atoms with Gasteiger partial charge >= 0.3 is 0 Å². The molecule has 1 heterocycles. The van der Waals surface area contributed by atoms with Crippen molar-refractivity contribution in [3.8, 4) is 11.1 Å². The number of carbonyl (C=O) groups excluding carboxylic acids is 3. The molecule has 5 aromatic rings. The van der Waals surface area contributed by atoms with E-state index >= 15 is 0 Å². The summed E-state index contributed by atoms with van der Waals surface area (Å²) >= 11 is 0. The van der Waals surface area contributed by atoms with Crippen molar-refractivity contribution in [1.29, 1.82) is 0 Å². The third-order valence-corrected chi connectivity index (χ3v) is 6.23. The molecule has 0 fully saturated rings. The van der Waals surface area contributed by atoms with Gasteiger partial charge in [0.25, 0.3) is 11.8 Å². The quantitative estimate of drug-likeness (QED) is 0.153. The molecule has 0 aliphatic carbocycles. The minimum Gasteiger partial charge on any atom is -0.465 e. The Kier molecular flexibility index (Phi) is 8.42. The highest BCUT2D eigenvalue weighted by molar-refractivity contribution is 6.11. The van der Waals surface area contributed by atoms with E-state index in [1.807, 2.05) is 60.7 Å². The number of carbonyl (C=O) groups is 3. The van der Waals surface area contributed by atoms with Crippen molar-refractivity contribution >= 4 is 35.4 Å². The monoisotopic (exact) mass is 538 g/mol. The number of ketones is 1. The Morgan fingerprint density at radius 1 is 0.634 bits per heavy atom. The average molecular weight is 539 g/mol. The normalized spacial score (nSPS) is 11.3. The lowest BCUT2D eigenvalue weighted by Gasteiger charge is -2.12. The summed E-state index contributed by atoms with van der Waals surface area (Å²) in [5.41, 5.74) is 4.29. The molecule has 0 saturated heterocycles. The molecule has 4 aromatic carbocycles. The summed E-state index contributed by atoms with van der Waals surface area (Å²) in [5, 5.41) is 5.56. The maximum Gasteiger partial charge on any atom is 0.272 e. The molecule has 1 aromatic heterocycles. The predicted molar refractivity (Wildman–Crippen MR) is 161 cm³/mol. The molecule has 5 rings (SSSR count). The van der Waals surface area contributed by atoms with Crippen LogP contribution in [0.15, 0.2) is 144 Å². The van der Waals surface area contributed by atoms with E-state index in [9.17, 15) is 14.4 Å². The van der Waals surface area contributed by atoms with E-state index in [-0.39, 0.29) is 11.5 Å². The summed E-state index contributed by atoms with van der Waals surface area (Å²) in [6, 6.07) is 36.4. The summed E-state index contributed by atoms with van der Waals surface area (Å²) in [5.74, 6) is -0.529. The van der Waals surface area contributed by atoms with Crippen LogP contribution in [0.1, 0.15) is 32.0 Å². The summed E-state index contributed by atoms with van der Waals surface area (Å²) in [7, 11) is 0. The van der Waals surface area contributed by atoms with Gasteiger partial charge in [-0.2, -0.15) is 0 Å². The molecule has 2 amide bonds. The van der Waals surface area contributed by atoms with Gasteiger partial charge in [0.1, 0.15) is 11.5 Å². The van der Waals surface area contributed by atoms with Crippen molar-refractivity contribution in [2.45, 2.75) is 0 Å². The van der Waals surface area contributed by atoms with Crippen molar-refractivity contribution in [2.75, 3.05) is 5.32 Å². The fourth-order valence-corrected chi connectivity index (χ4v) is 4.07. The first-order valence-electron chi connectivity index (χ1n) is 13.0. The predicted octanol–water partition coefficient (Wildman–Crippen LogP) is 7.25. The number of allylic oxidation sites excluding steroid dienone is 1. The fraction of sp³-hybridized carbons (Fsp3) is 0. The number of anilines is 1. The van der Waals surface area contributed by atoms with E-state index in [0.29, 0.717) is 22.6 Å². The van der Waals surface area contributed by atoms with Crippen LogP contribution < -0.4 is 10.6 Å². The summed E-state index contributed by atoms with van der Waals surface area (Å²) in [6.45, 7) is 0. The largest absolute Gasteiger partial charge is 0.465 e. The second kappa shape index (κ2) is 12.9. The van der Waals surface area contributed by atoms with E-state index in [1.165, 1.54) is 12.3 Å². The van der Waals surface area contributed by atoms with Gasteiger partial charge in [-0.25, -0.2) is 0 Å². The molecule has 0 spiro atoms. The Labute approximate surface area is 237 Å². The van der Waals surface area contributed by atoms with Crippen LogP contribution in [0, 0.1) is 0 Å². The Balaban J connectivity index is 1.34. The molecule has 6 nitrogen and oxygen atoms in total. The van der Waals surface area contributed by atoms with Crippen LogP contribution in [0.5, 0.6) is 0 Å². The number of furan rings is 1. The highest BCUT2D eigenvalue weighted by Crippen LogP contribution is 2.21. The molecule has 0 atom stereocenters. The van der Waals surface area contributed by atoms with Crippen molar-refractivity contribution in [3.05, 3.63) is 162 Å². The lowest BCUT2D eigenvalue weighted by atomic mass is 10.0. The van der Waals surface area contributed by atoms with E-state index < -0.39 is 11.8 Å². The fourth-order valence-electron chi connectivity index (χ4n) is 4.07. The van der Waals surface area contributed by atoms with Gasteiger partial charge in [-0.15, -0.1) is 0 Å². The molecular formula is C35H26N2O4. The number of amides is 2. The Bertz CT molecular complexity index is 1690. The van der Waals surface area contributed by atoms with Crippen molar-refractivity contribution in [2.24, 2.45) is 0 Å². The van der Waals surface area contributed by atoms with Crippen LogP contribution in [0.25, 0.3) is 23.3 Å². The molecule has 200 valence electrons.